The van der Waals surface area contributed by atoms with Gasteiger partial charge in [-0.25, -0.2) is 9.97 Å². The molecule has 2 aromatic heterocycles. The Kier molecular flexibility index (Phi) is 3.91. The molecule has 0 aromatic carbocycles. The molecular weight excluding hydrogens is 282 g/mol. The number of imidazole rings is 1. The van der Waals surface area contributed by atoms with Gasteiger partial charge in [0.2, 0.25) is 0 Å². The van der Waals surface area contributed by atoms with Crippen LogP contribution in [0.15, 0.2) is 37.1 Å². The molecule has 1 saturated heterocycles. The largest absolute Gasteiger partial charge is 0.379 e. The van der Waals surface area contributed by atoms with Crippen molar-refractivity contribution in [1.82, 2.24) is 19.4 Å². The van der Waals surface area contributed by atoms with Crippen LogP contribution in [0.5, 0.6) is 0 Å². The van der Waals surface area contributed by atoms with Gasteiger partial charge >= 0.3 is 0 Å². The summed E-state index contributed by atoms with van der Waals surface area (Å²) >= 11 is 0. The highest BCUT2D eigenvalue weighted by Crippen LogP contribution is 2.22. The zero-order valence-electron chi connectivity index (χ0n) is 12.2. The van der Waals surface area contributed by atoms with Gasteiger partial charge in [-0.3, -0.25) is 14.3 Å². The van der Waals surface area contributed by atoms with Crippen molar-refractivity contribution in [3.63, 3.8) is 0 Å². The van der Waals surface area contributed by atoms with Gasteiger partial charge in [0.15, 0.2) is 5.60 Å². The van der Waals surface area contributed by atoms with E-state index in [1.54, 1.807) is 18.7 Å². The molecular formula is C15H19N5O2. The fraction of sp³-hybridized carbons (Fsp3) is 0.400. The van der Waals surface area contributed by atoms with Crippen molar-refractivity contribution < 1.29 is 9.90 Å². The van der Waals surface area contributed by atoms with E-state index in [1.165, 1.54) is 0 Å². The number of primary amides is 1. The molecule has 1 amide bonds. The van der Waals surface area contributed by atoms with E-state index in [9.17, 15) is 9.90 Å². The fourth-order valence-electron chi connectivity index (χ4n) is 2.78. The van der Waals surface area contributed by atoms with Crippen LogP contribution in [0.3, 0.4) is 0 Å². The summed E-state index contributed by atoms with van der Waals surface area (Å²) < 4.78 is 1.83. The molecule has 0 saturated carbocycles. The maximum absolute atomic E-state index is 11.4. The summed E-state index contributed by atoms with van der Waals surface area (Å²) in [5.41, 5.74) is 4.91. The predicted molar refractivity (Wildman–Crippen MR) is 80.0 cm³/mol. The Hall–Kier alpha value is -2.25. The van der Waals surface area contributed by atoms with Gasteiger partial charge in [0.05, 0.1) is 0 Å². The molecule has 22 heavy (non-hydrogen) atoms. The van der Waals surface area contributed by atoms with Gasteiger partial charge in [0.1, 0.15) is 12.1 Å². The van der Waals surface area contributed by atoms with Crippen molar-refractivity contribution in [1.29, 1.82) is 0 Å². The Morgan fingerprint density at radius 1 is 1.45 bits per heavy atom. The Morgan fingerprint density at radius 3 is 2.95 bits per heavy atom. The lowest BCUT2D eigenvalue weighted by Crippen LogP contribution is -2.55. The number of hydrogen-bond acceptors (Lipinski definition) is 5. The zero-order chi connectivity index (χ0) is 15.6. The molecule has 0 bridgehead atoms. The zero-order valence-corrected chi connectivity index (χ0v) is 12.2. The van der Waals surface area contributed by atoms with Crippen molar-refractivity contribution in [2.24, 2.45) is 5.73 Å². The molecule has 7 heteroatoms. The van der Waals surface area contributed by atoms with E-state index in [-0.39, 0.29) is 6.54 Å². The van der Waals surface area contributed by atoms with Crippen molar-refractivity contribution in [2.45, 2.75) is 25.0 Å². The average Bonchev–Trinajstić information content (AvgIpc) is 3.02. The maximum atomic E-state index is 11.4. The smallest absolute Gasteiger partial charge is 0.250 e. The lowest BCUT2D eigenvalue weighted by molar-refractivity contribution is -0.142. The van der Waals surface area contributed by atoms with Crippen LogP contribution in [0, 0.1) is 0 Å². The summed E-state index contributed by atoms with van der Waals surface area (Å²) in [6.45, 7) is 1.73. The molecule has 0 radical (unpaired) electrons. The SMILES string of the molecule is NC(=O)[C@]1(O)CCCN(Cc2ccc(-n3ccnc3)nc2)C1. The molecule has 2 aromatic rings. The third-order valence-electron chi connectivity index (χ3n) is 3.99. The van der Waals surface area contributed by atoms with E-state index in [0.29, 0.717) is 13.0 Å². The van der Waals surface area contributed by atoms with E-state index >= 15 is 0 Å². The second-order valence-electron chi connectivity index (χ2n) is 5.70. The molecule has 0 spiro atoms. The highest BCUT2D eigenvalue weighted by molar-refractivity contribution is 5.83. The molecule has 7 nitrogen and oxygen atoms in total. The first-order chi connectivity index (χ1) is 10.6. The van der Waals surface area contributed by atoms with E-state index < -0.39 is 11.5 Å². The monoisotopic (exact) mass is 301 g/mol. The number of carbonyl (C=O) groups is 1. The van der Waals surface area contributed by atoms with Crippen molar-refractivity contribution in [3.05, 3.63) is 42.6 Å². The second kappa shape index (κ2) is 5.86. The minimum Gasteiger partial charge on any atom is -0.379 e. The van der Waals surface area contributed by atoms with E-state index in [4.69, 9.17) is 5.73 Å². The fourth-order valence-corrected chi connectivity index (χ4v) is 2.78. The summed E-state index contributed by atoms with van der Waals surface area (Å²) in [6, 6.07) is 3.90. The van der Waals surface area contributed by atoms with Gasteiger partial charge < -0.3 is 10.8 Å². The summed E-state index contributed by atoms with van der Waals surface area (Å²) in [4.78, 5) is 21.8. The standard InChI is InChI=1S/C15H19N5O2/c16-14(21)15(22)4-1-6-19(10-15)9-12-2-3-13(18-8-12)20-7-5-17-11-20/h2-3,5,7-8,11,22H,1,4,6,9-10H2,(H2,16,21)/t15-/m0/s1. The van der Waals surface area contributed by atoms with E-state index in [2.05, 4.69) is 9.97 Å². The number of rotatable bonds is 4. The number of piperidine rings is 1. The van der Waals surface area contributed by atoms with Gasteiger partial charge in [0, 0.05) is 31.7 Å². The van der Waals surface area contributed by atoms with Crippen LogP contribution in [0.2, 0.25) is 0 Å². The third kappa shape index (κ3) is 3.00. The van der Waals surface area contributed by atoms with Crippen LogP contribution < -0.4 is 5.73 Å². The first-order valence-electron chi connectivity index (χ1n) is 7.25. The molecule has 3 heterocycles. The molecule has 116 valence electrons. The number of aliphatic hydroxyl groups is 1. The van der Waals surface area contributed by atoms with Crippen LogP contribution in [-0.2, 0) is 11.3 Å². The molecule has 0 unspecified atom stereocenters. The van der Waals surface area contributed by atoms with Crippen molar-refractivity contribution in [2.75, 3.05) is 13.1 Å². The third-order valence-corrected chi connectivity index (χ3v) is 3.99. The average molecular weight is 301 g/mol. The lowest BCUT2D eigenvalue weighted by atomic mass is 9.92. The molecule has 1 fully saturated rings. The van der Waals surface area contributed by atoms with Crippen LogP contribution in [0.25, 0.3) is 5.82 Å². The minimum atomic E-state index is -1.41. The Balaban J connectivity index is 1.67. The first-order valence-corrected chi connectivity index (χ1v) is 7.25. The molecule has 1 atom stereocenters. The van der Waals surface area contributed by atoms with Crippen LogP contribution in [0.4, 0.5) is 0 Å². The highest BCUT2D eigenvalue weighted by atomic mass is 16.3. The molecule has 3 rings (SSSR count). The summed E-state index contributed by atoms with van der Waals surface area (Å²) in [6.07, 6.45) is 8.21. The van der Waals surface area contributed by atoms with E-state index in [1.807, 2.05) is 27.8 Å². The predicted octanol–water partition coefficient (Wildman–Crippen LogP) is 0.0795. The number of likely N-dealkylation sites (tertiary alicyclic amines) is 1. The molecule has 3 N–H and O–H groups in total. The lowest BCUT2D eigenvalue weighted by Gasteiger charge is -2.37. The second-order valence-corrected chi connectivity index (χ2v) is 5.70. The van der Waals surface area contributed by atoms with Gasteiger partial charge in [-0.15, -0.1) is 0 Å². The summed E-state index contributed by atoms with van der Waals surface area (Å²) in [7, 11) is 0. The number of β-amino-alcohol motifs (C(OH)–C–C–N with tert-alkyl or cyclic N) is 1. The van der Waals surface area contributed by atoms with Crippen LogP contribution in [-0.4, -0.2) is 49.1 Å². The Bertz CT molecular complexity index is 640. The number of carbonyl (C=O) groups excluding carboxylic acids is 1. The van der Waals surface area contributed by atoms with Gasteiger partial charge in [-0.05, 0) is 31.0 Å². The topological polar surface area (TPSA) is 97.3 Å². The summed E-state index contributed by atoms with van der Waals surface area (Å²) in [5, 5.41) is 10.2. The summed E-state index contributed by atoms with van der Waals surface area (Å²) in [5.74, 6) is 0.152. The minimum absolute atomic E-state index is 0.269. The number of nitrogens with zero attached hydrogens (tertiary/aromatic N) is 4. The molecule has 1 aliphatic heterocycles. The number of hydrogen-bond donors (Lipinski definition) is 2. The Labute approximate surface area is 128 Å². The molecule has 1 aliphatic rings. The normalized spacial score (nSPS) is 22.6. The quantitative estimate of drug-likeness (QED) is 0.833. The molecule has 0 aliphatic carbocycles. The number of amides is 1. The maximum Gasteiger partial charge on any atom is 0.250 e. The number of aromatic nitrogens is 3. The first kappa shape index (κ1) is 14.7. The van der Waals surface area contributed by atoms with Crippen LogP contribution >= 0.6 is 0 Å². The highest BCUT2D eigenvalue weighted by Gasteiger charge is 2.38. The number of pyridine rings is 1. The van der Waals surface area contributed by atoms with Crippen LogP contribution in [0.1, 0.15) is 18.4 Å². The van der Waals surface area contributed by atoms with E-state index in [0.717, 1.165) is 24.3 Å². The number of nitrogens with two attached hydrogens (primary N) is 1. The van der Waals surface area contributed by atoms with Gasteiger partial charge in [-0.2, -0.15) is 0 Å². The van der Waals surface area contributed by atoms with Crippen molar-refractivity contribution in [3.8, 4) is 5.82 Å². The van der Waals surface area contributed by atoms with Gasteiger partial charge in [0.25, 0.3) is 5.91 Å². The van der Waals surface area contributed by atoms with Crippen molar-refractivity contribution >= 4 is 5.91 Å². The Morgan fingerprint density at radius 2 is 2.32 bits per heavy atom. The van der Waals surface area contributed by atoms with Gasteiger partial charge in [-0.1, -0.05) is 6.07 Å².